The maximum atomic E-state index is 12.1. The van der Waals surface area contributed by atoms with Gasteiger partial charge in [0.15, 0.2) is 0 Å². The van der Waals surface area contributed by atoms with Crippen molar-refractivity contribution >= 4 is 11.9 Å². The smallest absolute Gasteiger partial charge is 0.325 e. The Morgan fingerprint density at radius 1 is 1.44 bits per heavy atom. The second-order valence-electron chi connectivity index (χ2n) is 4.59. The summed E-state index contributed by atoms with van der Waals surface area (Å²) in [6.45, 7) is 6.60. The first-order valence-electron chi connectivity index (χ1n) is 5.56. The number of methoxy groups -OCH3 is 1. The first-order valence-corrected chi connectivity index (χ1v) is 5.56. The van der Waals surface area contributed by atoms with Crippen molar-refractivity contribution in [2.75, 3.05) is 20.3 Å². The fourth-order valence-corrected chi connectivity index (χ4v) is 1.68. The molecular formula is C11H20N2O3. The highest BCUT2D eigenvalue weighted by atomic mass is 16.5. The van der Waals surface area contributed by atoms with Crippen molar-refractivity contribution in [3.8, 4) is 0 Å². The molecule has 0 unspecified atom stereocenters. The lowest BCUT2D eigenvalue weighted by molar-refractivity contribution is -0.132. The molecule has 0 bridgehead atoms. The van der Waals surface area contributed by atoms with Crippen LogP contribution in [0.3, 0.4) is 0 Å². The first kappa shape index (κ1) is 13.0. The summed E-state index contributed by atoms with van der Waals surface area (Å²) in [5, 5.41) is 2.75. The van der Waals surface area contributed by atoms with Gasteiger partial charge in [-0.25, -0.2) is 4.79 Å². The molecule has 1 fully saturated rings. The third-order valence-corrected chi connectivity index (χ3v) is 3.19. The molecule has 1 atom stereocenters. The fourth-order valence-electron chi connectivity index (χ4n) is 1.68. The van der Waals surface area contributed by atoms with Crippen LogP contribution in [0, 0.1) is 5.92 Å². The van der Waals surface area contributed by atoms with E-state index in [4.69, 9.17) is 4.74 Å². The number of imide groups is 1. The van der Waals surface area contributed by atoms with Crippen LogP contribution in [0.25, 0.3) is 0 Å². The predicted molar refractivity (Wildman–Crippen MR) is 60.0 cm³/mol. The van der Waals surface area contributed by atoms with Gasteiger partial charge in [-0.05, 0) is 19.3 Å². The van der Waals surface area contributed by atoms with Gasteiger partial charge in [-0.1, -0.05) is 13.8 Å². The van der Waals surface area contributed by atoms with Gasteiger partial charge in [-0.2, -0.15) is 0 Å². The molecular weight excluding hydrogens is 208 g/mol. The summed E-state index contributed by atoms with van der Waals surface area (Å²) in [7, 11) is 1.60. The van der Waals surface area contributed by atoms with Gasteiger partial charge in [0.05, 0.1) is 0 Å². The van der Waals surface area contributed by atoms with Crippen molar-refractivity contribution < 1.29 is 14.3 Å². The highest BCUT2D eigenvalue weighted by molar-refractivity contribution is 6.06. The van der Waals surface area contributed by atoms with Crippen molar-refractivity contribution in [2.24, 2.45) is 5.92 Å². The zero-order chi connectivity index (χ0) is 12.3. The Hall–Kier alpha value is -1.10. The molecule has 0 aromatic carbocycles. The summed E-state index contributed by atoms with van der Waals surface area (Å²) >= 11 is 0. The Morgan fingerprint density at radius 3 is 2.50 bits per heavy atom. The molecule has 0 aromatic heterocycles. The lowest BCUT2D eigenvalue weighted by Crippen LogP contribution is -2.48. The van der Waals surface area contributed by atoms with E-state index < -0.39 is 5.54 Å². The van der Waals surface area contributed by atoms with Crippen LogP contribution in [-0.4, -0.2) is 42.6 Å². The lowest BCUT2D eigenvalue weighted by atomic mass is 9.88. The minimum atomic E-state index is -0.760. The molecule has 1 saturated heterocycles. The van der Waals surface area contributed by atoms with Gasteiger partial charge in [-0.15, -0.1) is 0 Å². The van der Waals surface area contributed by atoms with E-state index >= 15 is 0 Å². The van der Waals surface area contributed by atoms with E-state index in [9.17, 15) is 9.59 Å². The van der Waals surface area contributed by atoms with Crippen LogP contribution < -0.4 is 5.32 Å². The molecule has 1 N–H and O–H groups in total. The molecule has 1 aliphatic rings. The second kappa shape index (κ2) is 4.82. The summed E-state index contributed by atoms with van der Waals surface area (Å²) in [5.74, 6) is -0.0556. The molecule has 0 saturated carbocycles. The van der Waals surface area contributed by atoms with Gasteiger partial charge >= 0.3 is 6.03 Å². The van der Waals surface area contributed by atoms with Crippen molar-refractivity contribution in [1.29, 1.82) is 0 Å². The SMILES string of the molecule is COCCCN1C(=O)N[C@@](C)(C(C)C)C1=O. The number of hydrogen-bond acceptors (Lipinski definition) is 3. The normalized spacial score (nSPS) is 25.4. The zero-order valence-corrected chi connectivity index (χ0v) is 10.4. The van der Waals surface area contributed by atoms with E-state index in [-0.39, 0.29) is 17.9 Å². The molecule has 1 rings (SSSR count). The first-order chi connectivity index (χ1) is 7.43. The van der Waals surface area contributed by atoms with Gasteiger partial charge in [0, 0.05) is 20.3 Å². The van der Waals surface area contributed by atoms with Gasteiger partial charge in [0.1, 0.15) is 5.54 Å². The number of nitrogens with zero attached hydrogens (tertiary/aromatic N) is 1. The van der Waals surface area contributed by atoms with Crippen LogP contribution in [0.2, 0.25) is 0 Å². The summed E-state index contributed by atoms with van der Waals surface area (Å²) in [6, 6.07) is -0.294. The van der Waals surface area contributed by atoms with E-state index in [1.54, 1.807) is 14.0 Å². The topological polar surface area (TPSA) is 58.6 Å². The number of carbonyl (C=O) groups is 2. The maximum absolute atomic E-state index is 12.1. The molecule has 5 nitrogen and oxygen atoms in total. The van der Waals surface area contributed by atoms with Gasteiger partial charge in [-0.3, -0.25) is 9.69 Å². The van der Waals surface area contributed by atoms with E-state index in [0.717, 1.165) is 0 Å². The number of carbonyl (C=O) groups excluding carboxylic acids is 2. The minimum absolute atomic E-state index is 0.0800. The standard InChI is InChI=1S/C11H20N2O3/c1-8(2)11(3)9(14)13(10(15)12-11)6-5-7-16-4/h8H,5-7H2,1-4H3,(H,12,15)/t11-/m0/s1. The average Bonchev–Trinajstić information content (AvgIpc) is 2.43. The van der Waals surface area contributed by atoms with Crippen molar-refractivity contribution in [3.05, 3.63) is 0 Å². The van der Waals surface area contributed by atoms with Crippen LogP contribution in [0.5, 0.6) is 0 Å². The van der Waals surface area contributed by atoms with E-state index in [0.29, 0.717) is 19.6 Å². The molecule has 0 aliphatic carbocycles. The number of rotatable bonds is 5. The van der Waals surface area contributed by atoms with Crippen LogP contribution in [0.4, 0.5) is 4.79 Å². The second-order valence-corrected chi connectivity index (χ2v) is 4.59. The van der Waals surface area contributed by atoms with Crippen LogP contribution >= 0.6 is 0 Å². The Balaban J connectivity index is 2.68. The highest BCUT2D eigenvalue weighted by Crippen LogP contribution is 2.25. The molecule has 16 heavy (non-hydrogen) atoms. The fraction of sp³-hybridized carbons (Fsp3) is 0.818. The highest BCUT2D eigenvalue weighted by Gasteiger charge is 2.49. The number of amides is 3. The Labute approximate surface area is 96.1 Å². The molecule has 1 heterocycles. The summed E-state index contributed by atoms with van der Waals surface area (Å²) in [5.41, 5.74) is -0.760. The summed E-state index contributed by atoms with van der Waals surface area (Å²) in [6.07, 6.45) is 0.670. The quantitative estimate of drug-likeness (QED) is 0.564. The molecule has 3 amide bonds. The van der Waals surface area contributed by atoms with Crippen molar-refractivity contribution in [1.82, 2.24) is 10.2 Å². The molecule has 1 aliphatic heterocycles. The Kier molecular flexibility index (Phi) is 3.91. The number of nitrogens with one attached hydrogen (secondary N) is 1. The zero-order valence-electron chi connectivity index (χ0n) is 10.4. The van der Waals surface area contributed by atoms with E-state index in [1.165, 1.54) is 4.90 Å². The van der Waals surface area contributed by atoms with Gasteiger partial charge < -0.3 is 10.1 Å². The van der Waals surface area contributed by atoms with Crippen LogP contribution in [-0.2, 0) is 9.53 Å². The third-order valence-electron chi connectivity index (χ3n) is 3.19. The molecule has 5 heteroatoms. The molecule has 0 radical (unpaired) electrons. The van der Waals surface area contributed by atoms with Gasteiger partial charge in [0.2, 0.25) is 0 Å². The third kappa shape index (κ3) is 2.19. The Morgan fingerprint density at radius 2 is 2.06 bits per heavy atom. The van der Waals surface area contributed by atoms with E-state index in [2.05, 4.69) is 5.32 Å². The number of hydrogen-bond donors (Lipinski definition) is 1. The maximum Gasteiger partial charge on any atom is 0.325 e. The number of urea groups is 1. The minimum Gasteiger partial charge on any atom is -0.385 e. The van der Waals surface area contributed by atoms with Crippen LogP contribution in [0.1, 0.15) is 27.2 Å². The van der Waals surface area contributed by atoms with Crippen molar-refractivity contribution in [2.45, 2.75) is 32.7 Å². The average molecular weight is 228 g/mol. The lowest BCUT2D eigenvalue weighted by Gasteiger charge is -2.25. The van der Waals surface area contributed by atoms with Crippen LogP contribution in [0.15, 0.2) is 0 Å². The largest absolute Gasteiger partial charge is 0.385 e. The van der Waals surface area contributed by atoms with E-state index in [1.807, 2.05) is 13.8 Å². The van der Waals surface area contributed by atoms with Crippen molar-refractivity contribution in [3.63, 3.8) is 0 Å². The number of ether oxygens (including phenoxy) is 1. The molecule has 0 aromatic rings. The Bertz CT molecular complexity index is 291. The van der Waals surface area contributed by atoms with Gasteiger partial charge in [0.25, 0.3) is 5.91 Å². The predicted octanol–water partition coefficient (Wildman–Crippen LogP) is 0.989. The molecule has 92 valence electrons. The molecule has 0 spiro atoms. The monoisotopic (exact) mass is 228 g/mol. The summed E-state index contributed by atoms with van der Waals surface area (Å²) < 4.78 is 4.90. The summed E-state index contributed by atoms with van der Waals surface area (Å²) in [4.78, 5) is 25.0.